The lowest BCUT2D eigenvalue weighted by atomic mass is 9.99. The molecule has 11 nitrogen and oxygen atoms in total. The van der Waals surface area contributed by atoms with Crippen molar-refractivity contribution in [3.63, 3.8) is 0 Å². The maximum Gasteiger partial charge on any atom is 0.225 e. The van der Waals surface area contributed by atoms with Gasteiger partial charge >= 0.3 is 0 Å². The molecule has 1 aliphatic heterocycles. The van der Waals surface area contributed by atoms with Crippen molar-refractivity contribution in [2.75, 3.05) is 51.0 Å². The summed E-state index contributed by atoms with van der Waals surface area (Å²) in [5, 5.41) is 15.6. The topological polar surface area (TPSA) is 140 Å². The lowest BCUT2D eigenvalue weighted by molar-refractivity contribution is 0.146. The predicted molar refractivity (Wildman–Crippen MR) is 132 cm³/mol. The molecule has 0 unspecified atom stereocenters. The van der Waals surface area contributed by atoms with Gasteiger partial charge in [-0.3, -0.25) is 4.90 Å². The van der Waals surface area contributed by atoms with Crippen LogP contribution >= 0.6 is 0 Å². The number of anilines is 2. The van der Waals surface area contributed by atoms with Gasteiger partial charge < -0.3 is 30.4 Å². The van der Waals surface area contributed by atoms with Gasteiger partial charge in [0.25, 0.3) is 0 Å². The van der Waals surface area contributed by atoms with E-state index < -0.39 is 0 Å². The van der Waals surface area contributed by atoms with Crippen molar-refractivity contribution in [3.05, 3.63) is 53.3 Å². The van der Waals surface area contributed by atoms with Crippen LogP contribution in [0.15, 0.2) is 41.0 Å². The third kappa shape index (κ3) is 4.81. The van der Waals surface area contributed by atoms with Crippen LogP contribution in [0, 0.1) is 5.41 Å². The van der Waals surface area contributed by atoms with Crippen LogP contribution in [0.4, 0.5) is 11.8 Å². The summed E-state index contributed by atoms with van der Waals surface area (Å²) in [4.78, 5) is 11.3. The van der Waals surface area contributed by atoms with Crippen molar-refractivity contribution in [3.8, 4) is 17.3 Å². The van der Waals surface area contributed by atoms with Gasteiger partial charge in [0.05, 0.1) is 18.4 Å². The minimum Gasteiger partial charge on any atom is -0.491 e. The number of nitrogens with two attached hydrogens (primary N) is 1. The molecule has 5 rings (SSSR count). The van der Waals surface area contributed by atoms with Gasteiger partial charge in [0.2, 0.25) is 11.8 Å². The molecular weight excluding hydrogens is 448 g/mol. The molecule has 0 saturated carbocycles. The summed E-state index contributed by atoms with van der Waals surface area (Å²) >= 11 is 0. The maximum absolute atomic E-state index is 7.93. The molecule has 1 aliphatic rings. The molecule has 0 amide bonds. The monoisotopic (exact) mass is 476 g/mol. The van der Waals surface area contributed by atoms with E-state index in [1.165, 1.54) is 21.9 Å². The van der Waals surface area contributed by atoms with E-state index in [4.69, 9.17) is 25.0 Å². The summed E-state index contributed by atoms with van der Waals surface area (Å²) in [5.41, 5.74) is 9.76. The standard InChI is InChI=1S/C24H28N8O3/c1-33-11-12-34-18-5-4-17-15-31(8-6-16(17)13-18)9-7-27-21-19(14-25)23-28-22(20-3-2-10-35-20)30-32(23)24(26)29-21/h2-5,10,13-14,25,27H,6-9,11-12,15H2,1H3,(H2,26,29). The number of ether oxygens (including phenoxy) is 2. The Morgan fingerprint density at radius 2 is 2.14 bits per heavy atom. The van der Waals surface area contributed by atoms with E-state index in [1.54, 1.807) is 25.5 Å². The largest absolute Gasteiger partial charge is 0.491 e. The molecule has 35 heavy (non-hydrogen) atoms. The highest BCUT2D eigenvalue weighted by atomic mass is 16.5. The first-order valence-electron chi connectivity index (χ1n) is 11.5. The van der Waals surface area contributed by atoms with Gasteiger partial charge in [-0.15, -0.1) is 5.10 Å². The third-order valence-corrected chi connectivity index (χ3v) is 5.98. The first kappa shape index (κ1) is 22.8. The van der Waals surface area contributed by atoms with Crippen LogP contribution in [-0.2, 0) is 17.7 Å². The minimum absolute atomic E-state index is 0.189. The van der Waals surface area contributed by atoms with Crippen LogP contribution < -0.4 is 15.8 Å². The highest BCUT2D eigenvalue weighted by Gasteiger charge is 2.19. The summed E-state index contributed by atoms with van der Waals surface area (Å²) in [7, 11) is 1.67. The Morgan fingerprint density at radius 1 is 1.23 bits per heavy atom. The zero-order chi connectivity index (χ0) is 24.2. The van der Waals surface area contributed by atoms with Gasteiger partial charge in [-0.2, -0.15) is 9.50 Å². The lowest BCUT2D eigenvalue weighted by Crippen LogP contribution is -2.34. The number of methoxy groups -OCH3 is 1. The first-order chi connectivity index (χ1) is 17.2. The Labute approximate surface area is 202 Å². The summed E-state index contributed by atoms with van der Waals surface area (Å²) in [5.74, 6) is 2.51. The van der Waals surface area contributed by atoms with E-state index in [2.05, 4.69) is 37.4 Å². The van der Waals surface area contributed by atoms with Gasteiger partial charge in [0, 0.05) is 39.5 Å². The molecule has 182 valence electrons. The average molecular weight is 477 g/mol. The van der Waals surface area contributed by atoms with Crippen LogP contribution in [0.2, 0.25) is 0 Å². The Kier molecular flexibility index (Phi) is 6.59. The van der Waals surface area contributed by atoms with Crippen molar-refractivity contribution in [1.82, 2.24) is 24.5 Å². The van der Waals surface area contributed by atoms with E-state index >= 15 is 0 Å². The molecule has 4 aromatic rings. The number of nitrogens with one attached hydrogen (secondary N) is 2. The average Bonchev–Trinajstić information content (AvgIpc) is 3.55. The Bertz CT molecular complexity index is 1320. The number of fused-ring (bicyclic) bond motifs is 2. The number of hydrogen-bond donors (Lipinski definition) is 3. The van der Waals surface area contributed by atoms with Gasteiger partial charge in [-0.1, -0.05) is 6.07 Å². The van der Waals surface area contributed by atoms with Gasteiger partial charge in [-0.25, -0.2) is 4.98 Å². The quantitative estimate of drug-likeness (QED) is 0.232. The van der Waals surface area contributed by atoms with E-state index in [0.717, 1.165) is 31.8 Å². The molecule has 0 atom stereocenters. The highest BCUT2D eigenvalue weighted by Crippen LogP contribution is 2.25. The predicted octanol–water partition coefficient (Wildman–Crippen LogP) is 2.46. The Morgan fingerprint density at radius 3 is 2.94 bits per heavy atom. The third-order valence-electron chi connectivity index (χ3n) is 5.98. The number of furan rings is 1. The first-order valence-corrected chi connectivity index (χ1v) is 11.5. The maximum atomic E-state index is 7.93. The molecule has 3 aromatic heterocycles. The van der Waals surface area contributed by atoms with Crippen molar-refractivity contribution in [2.45, 2.75) is 13.0 Å². The van der Waals surface area contributed by atoms with Crippen LogP contribution in [0.5, 0.6) is 5.75 Å². The van der Waals surface area contributed by atoms with Crippen LogP contribution in [-0.4, -0.2) is 70.7 Å². The fourth-order valence-electron chi connectivity index (χ4n) is 4.20. The molecular formula is C24H28N8O3. The summed E-state index contributed by atoms with van der Waals surface area (Å²) < 4.78 is 17.6. The van der Waals surface area contributed by atoms with Crippen LogP contribution in [0.25, 0.3) is 17.2 Å². The second-order valence-electron chi connectivity index (χ2n) is 8.25. The minimum atomic E-state index is 0.189. The number of aromatic nitrogens is 4. The van der Waals surface area contributed by atoms with Crippen LogP contribution in [0.3, 0.4) is 0 Å². The van der Waals surface area contributed by atoms with Gasteiger partial charge in [0.15, 0.2) is 11.4 Å². The number of hydrogen-bond acceptors (Lipinski definition) is 10. The number of benzene rings is 1. The molecule has 0 radical (unpaired) electrons. The smallest absolute Gasteiger partial charge is 0.225 e. The normalized spacial score (nSPS) is 13.6. The van der Waals surface area contributed by atoms with E-state index in [0.29, 0.717) is 48.4 Å². The lowest BCUT2D eigenvalue weighted by Gasteiger charge is -2.29. The van der Waals surface area contributed by atoms with Crippen molar-refractivity contribution in [2.24, 2.45) is 0 Å². The van der Waals surface area contributed by atoms with Gasteiger partial charge in [-0.05, 0) is 41.8 Å². The molecule has 0 fully saturated rings. The fourth-order valence-corrected chi connectivity index (χ4v) is 4.20. The fraction of sp³-hybridized carbons (Fsp3) is 0.333. The number of rotatable bonds is 10. The van der Waals surface area contributed by atoms with E-state index in [-0.39, 0.29) is 5.95 Å². The number of nitrogen functional groups attached to an aromatic ring is 1. The number of nitrogens with zero attached hydrogens (tertiary/aromatic N) is 5. The second-order valence-corrected chi connectivity index (χ2v) is 8.25. The molecule has 0 spiro atoms. The van der Waals surface area contributed by atoms with E-state index in [1.807, 2.05) is 6.07 Å². The molecule has 1 aromatic carbocycles. The summed E-state index contributed by atoms with van der Waals surface area (Å²) in [6.07, 6.45) is 3.74. The second kappa shape index (κ2) is 10.1. The van der Waals surface area contributed by atoms with Gasteiger partial charge in [0.1, 0.15) is 18.2 Å². The molecule has 0 bridgehead atoms. The molecule has 0 saturated heterocycles. The summed E-state index contributed by atoms with van der Waals surface area (Å²) in [6, 6.07) is 9.83. The Hall–Kier alpha value is -3.96. The summed E-state index contributed by atoms with van der Waals surface area (Å²) in [6.45, 7) is 4.43. The zero-order valence-electron chi connectivity index (χ0n) is 19.5. The SMILES string of the molecule is COCCOc1ccc2c(c1)CCN(CCNc1nc(N)n3nc(-c4ccco4)nc3c1C=N)C2. The molecule has 11 heteroatoms. The van der Waals surface area contributed by atoms with Crippen molar-refractivity contribution in [1.29, 1.82) is 5.41 Å². The van der Waals surface area contributed by atoms with E-state index in [9.17, 15) is 0 Å². The Balaban J connectivity index is 1.24. The van der Waals surface area contributed by atoms with Crippen LogP contribution in [0.1, 0.15) is 16.7 Å². The molecule has 0 aliphatic carbocycles. The highest BCUT2D eigenvalue weighted by molar-refractivity contribution is 5.93. The molecule has 4 heterocycles. The molecule has 4 N–H and O–H groups in total. The van der Waals surface area contributed by atoms with Crippen molar-refractivity contribution >= 4 is 23.6 Å². The zero-order valence-corrected chi connectivity index (χ0v) is 19.5. The van der Waals surface area contributed by atoms with Crippen molar-refractivity contribution < 1.29 is 13.9 Å².